The molecule has 1 fully saturated rings. The summed E-state index contributed by atoms with van der Waals surface area (Å²) < 4.78 is 0. The third-order valence-corrected chi connectivity index (χ3v) is 7.08. The molecule has 0 aliphatic heterocycles. The fraction of sp³-hybridized carbons (Fsp3) is 0.667. The number of aliphatic hydroxyl groups is 2. The van der Waals surface area contributed by atoms with Gasteiger partial charge in [0.1, 0.15) is 5.82 Å². The van der Waals surface area contributed by atoms with Crippen LogP contribution in [-0.2, 0) is 0 Å². The molecule has 0 radical (unpaired) electrons. The first-order valence-corrected chi connectivity index (χ1v) is 12.4. The van der Waals surface area contributed by atoms with Crippen molar-refractivity contribution in [2.24, 2.45) is 17.8 Å². The van der Waals surface area contributed by atoms with Gasteiger partial charge in [0, 0.05) is 18.7 Å². The van der Waals surface area contributed by atoms with Gasteiger partial charge in [-0.1, -0.05) is 56.1 Å². The summed E-state index contributed by atoms with van der Waals surface area (Å²) in [7, 11) is 0. The van der Waals surface area contributed by atoms with Crippen LogP contribution in [0.5, 0.6) is 0 Å². The first-order valence-electron chi connectivity index (χ1n) is 12.4. The average Bonchev–Trinajstić information content (AvgIpc) is 3.27. The van der Waals surface area contributed by atoms with Crippen molar-refractivity contribution in [3.05, 3.63) is 48.2 Å². The molecule has 3 N–H and O–H groups in total. The van der Waals surface area contributed by atoms with Crippen molar-refractivity contribution >= 4 is 5.82 Å². The van der Waals surface area contributed by atoms with Gasteiger partial charge in [-0.05, 0) is 75.8 Å². The second-order valence-electron chi connectivity index (χ2n) is 9.92. The Bertz CT molecular complexity index is 713. The molecule has 2 aliphatic carbocycles. The molecule has 5 atom stereocenters. The van der Waals surface area contributed by atoms with Crippen LogP contribution in [0.3, 0.4) is 0 Å². The summed E-state index contributed by atoms with van der Waals surface area (Å²) >= 11 is 0. The van der Waals surface area contributed by atoms with Crippen LogP contribution < -0.4 is 5.32 Å². The molecule has 4 heteroatoms. The van der Waals surface area contributed by atoms with Crippen LogP contribution >= 0.6 is 0 Å². The molecule has 1 heterocycles. The summed E-state index contributed by atoms with van der Waals surface area (Å²) in [6.45, 7) is 5.06. The molecule has 1 saturated carbocycles. The van der Waals surface area contributed by atoms with E-state index in [0.29, 0.717) is 18.3 Å². The lowest BCUT2D eigenvalue weighted by Gasteiger charge is -2.22. The number of pyridine rings is 1. The summed E-state index contributed by atoms with van der Waals surface area (Å²) in [4.78, 5) is 4.29. The monoisotopic (exact) mass is 426 g/mol. The fourth-order valence-corrected chi connectivity index (χ4v) is 5.27. The normalized spacial score (nSPS) is 27.3. The third kappa shape index (κ3) is 7.47. The maximum atomic E-state index is 10.6. The number of allylic oxidation sites excluding steroid dienone is 2. The highest BCUT2D eigenvalue weighted by Gasteiger charge is 2.43. The van der Waals surface area contributed by atoms with Crippen molar-refractivity contribution in [2.45, 2.75) is 89.8 Å². The Balaban J connectivity index is 1.36. The molecule has 0 unspecified atom stereocenters. The molecular weight excluding hydrogens is 384 g/mol. The van der Waals surface area contributed by atoms with Crippen molar-refractivity contribution in [1.82, 2.24) is 4.98 Å². The molecular formula is C27H42N2O2. The van der Waals surface area contributed by atoms with Gasteiger partial charge in [0.05, 0.1) is 11.7 Å². The Morgan fingerprint density at radius 3 is 2.87 bits per heavy atom. The molecule has 1 aromatic rings. The zero-order valence-corrected chi connectivity index (χ0v) is 19.5. The minimum atomic E-state index is -0.625. The van der Waals surface area contributed by atoms with Gasteiger partial charge in [-0.3, -0.25) is 0 Å². The molecule has 2 aliphatic rings. The van der Waals surface area contributed by atoms with Gasteiger partial charge >= 0.3 is 0 Å². The molecule has 1 aromatic heterocycles. The number of fused-ring (bicyclic) bond motifs is 1. The van der Waals surface area contributed by atoms with E-state index >= 15 is 0 Å². The van der Waals surface area contributed by atoms with Crippen LogP contribution in [0.1, 0.15) is 78.1 Å². The standard InChI is InChI=1S/C27H42N2O2/c1-3-4-14-27(2,31)15-10-12-23-24-19-21(18-22(24)20-25(23)30)11-6-5-8-16-28-26-13-7-9-17-29-26/h7,9-10,12-13,17-18,22-25,30-31H,3-6,8,11,14-16,19-20H2,1-2H3,(H,28,29)/t22-,23+,24-,25+,27-/m0/s1. The largest absolute Gasteiger partial charge is 0.392 e. The number of hydrogen-bond acceptors (Lipinski definition) is 4. The van der Waals surface area contributed by atoms with Gasteiger partial charge in [0.25, 0.3) is 0 Å². The number of nitrogens with zero attached hydrogens (tertiary/aromatic N) is 1. The minimum absolute atomic E-state index is 0.234. The number of hydrogen-bond donors (Lipinski definition) is 3. The molecule has 0 bridgehead atoms. The zero-order valence-electron chi connectivity index (χ0n) is 19.5. The average molecular weight is 427 g/mol. The Morgan fingerprint density at radius 2 is 2.10 bits per heavy atom. The molecule has 31 heavy (non-hydrogen) atoms. The van der Waals surface area contributed by atoms with Crippen LogP contribution in [-0.4, -0.2) is 33.4 Å². The highest BCUT2D eigenvalue weighted by Crippen LogP contribution is 2.48. The van der Waals surface area contributed by atoms with E-state index in [-0.39, 0.29) is 12.0 Å². The number of aromatic nitrogens is 1. The quantitative estimate of drug-likeness (QED) is 0.272. The van der Waals surface area contributed by atoms with Gasteiger partial charge in [-0.2, -0.15) is 0 Å². The fourth-order valence-electron chi connectivity index (χ4n) is 5.27. The summed E-state index contributed by atoms with van der Waals surface area (Å²) in [6.07, 6.45) is 18.9. The summed E-state index contributed by atoms with van der Waals surface area (Å²) in [5, 5.41) is 24.4. The lowest BCUT2D eigenvalue weighted by Crippen LogP contribution is -2.23. The highest BCUT2D eigenvalue weighted by atomic mass is 16.3. The molecule has 172 valence electrons. The van der Waals surface area contributed by atoms with E-state index in [1.165, 1.54) is 25.7 Å². The number of unbranched alkanes of at least 4 members (excludes halogenated alkanes) is 3. The highest BCUT2D eigenvalue weighted by molar-refractivity contribution is 5.32. The Labute approximate surface area is 188 Å². The maximum Gasteiger partial charge on any atom is 0.125 e. The summed E-state index contributed by atoms with van der Waals surface area (Å²) in [5.41, 5.74) is 0.966. The van der Waals surface area contributed by atoms with E-state index < -0.39 is 5.60 Å². The first-order chi connectivity index (χ1) is 15.0. The number of aliphatic hydroxyl groups excluding tert-OH is 1. The zero-order chi connectivity index (χ0) is 22.1. The topological polar surface area (TPSA) is 65.4 Å². The SMILES string of the molecule is CCCC[C@](C)(O)CC=C[C@@H]1[C@H]2CC(CCCCCNc3ccccn3)=C[C@H]2C[C@H]1O. The summed E-state index contributed by atoms with van der Waals surface area (Å²) in [5.74, 6) is 2.28. The van der Waals surface area contributed by atoms with Crippen LogP contribution in [0.25, 0.3) is 0 Å². The van der Waals surface area contributed by atoms with Crippen molar-refractivity contribution in [3.63, 3.8) is 0 Å². The number of anilines is 1. The van der Waals surface area contributed by atoms with Gasteiger partial charge < -0.3 is 15.5 Å². The lowest BCUT2D eigenvalue weighted by atomic mass is 9.87. The Kier molecular flexibility index (Phi) is 9.15. The van der Waals surface area contributed by atoms with E-state index in [2.05, 4.69) is 35.5 Å². The minimum Gasteiger partial charge on any atom is -0.392 e. The third-order valence-electron chi connectivity index (χ3n) is 7.08. The van der Waals surface area contributed by atoms with Crippen molar-refractivity contribution in [1.29, 1.82) is 0 Å². The van der Waals surface area contributed by atoms with Gasteiger partial charge in [0.15, 0.2) is 0 Å². The molecule has 0 aromatic carbocycles. The van der Waals surface area contributed by atoms with Gasteiger partial charge in [-0.25, -0.2) is 4.98 Å². The van der Waals surface area contributed by atoms with E-state index in [1.54, 1.807) is 5.57 Å². The second kappa shape index (κ2) is 11.8. The molecule has 3 rings (SSSR count). The predicted octanol–water partition coefficient (Wildman–Crippen LogP) is 5.88. The van der Waals surface area contributed by atoms with E-state index in [9.17, 15) is 10.2 Å². The van der Waals surface area contributed by atoms with Crippen LogP contribution in [0, 0.1) is 17.8 Å². The Hall–Kier alpha value is -1.65. The predicted molar refractivity (Wildman–Crippen MR) is 129 cm³/mol. The van der Waals surface area contributed by atoms with Crippen molar-refractivity contribution in [3.8, 4) is 0 Å². The van der Waals surface area contributed by atoms with E-state index in [4.69, 9.17) is 0 Å². The number of nitrogens with one attached hydrogen (secondary N) is 1. The summed E-state index contributed by atoms with van der Waals surface area (Å²) in [6, 6.07) is 5.95. The van der Waals surface area contributed by atoms with Gasteiger partial charge in [0.2, 0.25) is 0 Å². The lowest BCUT2D eigenvalue weighted by molar-refractivity contribution is 0.0513. The van der Waals surface area contributed by atoms with Crippen LogP contribution in [0.4, 0.5) is 5.82 Å². The van der Waals surface area contributed by atoms with Crippen LogP contribution in [0.15, 0.2) is 48.2 Å². The van der Waals surface area contributed by atoms with Crippen molar-refractivity contribution in [2.75, 3.05) is 11.9 Å². The first kappa shape index (κ1) is 24.0. The molecule has 0 saturated heterocycles. The maximum absolute atomic E-state index is 10.6. The second-order valence-corrected chi connectivity index (χ2v) is 9.92. The Morgan fingerprint density at radius 1 is 1.23 bits per heavy atom. The number of rotatable bonds is 13. The van der Waals surface area contributed by atoms with Gasteiger partial charge in [-0.15, -0.1) is 0 Å². The molecule has 0 spiro atoms. The van der Waals surface area contributed by atoms with Crippen LogP contribution in [0.2, 0.25) is 0 Å². The van der Waals surface area contributed by atoms with E-state index in [1.807, 2.05) is 31.3 Å². The molecule has 0 amide bonds. The van der Waals surface area contributed by atoms with Crippen molar-refractivity contribution < 1.29 is 10.2 Å². The molecule has 4 nitrogen and oxygen atoms in total. The van der Waals surface area contributed by atoms with E-state index in [0.717, 1.165) is 44.5 Å². The smallest absolute Gasteiger partial charge is 0.125 e.